The third-order valence-corrected chi connectivity index (χ3v) is 5.69. The van der Waals surface area contributed by atoms with E-state index >= 15 is 0 Å². The molecule has 1 atom stereocenters. The van der Waals surface area contributed by atoms with Gasteiger partial charge in [0.25, 0.3) is 5.56 Å². The van der Waals surface area contributed by atoms with Gasteiger partial charge >= 0.3 is 0 Å². The molecule has 2 fully saturated rings. The van der Waals surface area contributed by atoms with Gasteiger partial charge in [0.05, 0.1) is 6.61 Å². The number of fused-ring (bicyclic) bond motifs is 3. The number of hydrogen-bond donors (Lipinski definition) is 1. The van der Waals surface area contributed by atoms with Crippen molar-refractivity contribution in [1.29, 1.82) is 0 Å². The third kappa shape index (κ3) is 2.39. The average Bonchev–Trinajstić information content (AvgIpc) is 3.42. The summed E-state index contributed by atoms with van der Waals surface area (Å²) < 4.78 is 8.99. The summed E-state index contributed by atoms with van der Waals surface area (Å²) >= 11 is 0. The fraction of sp³-hybridized carbons (Fsp3) is 0.667. The smallest absolute Gasteiger partial charge is 0.281 e. The maximum Gasteiger partial charge on any atom is 0.281 e. The highest BCUT2D eigenvalue weighted by Crippen LogP contribution is 2.32. The van der Waals surface area contributed by atoms with E-state index in [1.165, 1.54) is 12.8 Å². The second kappa shape index (κ2) is 6.19. The lowest BCUT2D eigenvalue weighted by Gasteiger charge is -2.04. The lowest BCUT2D eigenvalue weighted by molar-refractivity contribution is 0.193. The summed E-state index contributed by atoms with van der Waals surface area (Å²) in [6, 6.07) is 0. The van der Waals surface area contributed by atoms with Gasteiger partial charge < -0.3 is 9.72 Å². The molecule has 3 aromatic rings. The second-order valence-electron chi connectivity index (χ2n) is 7.50. The topological polar surface area (TPSA) is 90.1 Å². The Kier molecular flexibility index (Phi) is 3.81. The number of aromatic amines is 1. The molecule has 8 heteroatoms. The standard InChI is InChI=1S/C18H24N6O2/c1-2-8-23-17(25)13-16(20-14(19-13)12-7-9-26-10-12)24-18(23)21-15(22-24)11-5-3-4-6-11/h11-12H,2-10H2,1H3,(H,19,20). The molecular formula is C18H24N6O2. The number of ether oxygens (including phenoxy) is 1. The van der Waals surface area contributed by atoms with E-state index in [1.54, 1.807) is 9.08 Å². The van der Waals surface area contributed by atoms with E-state index in [-0.39, 0.29) is 11.5 Å². The normalized spacial score (nSPS) is 21.5. The van der Waals surface area contributed by atoms with Crippen molar-refractivity contribution in [2.45, 2.75) is 63.8 Å². The zero-order valence-corrected chi connectivity index (χ0v) is 15.1. The van der Waals surface area contributed by atoms with Crippen molar-refractivity contribution in [3.8, 4) is 0 Å². The molecule has 0 aromatic carbocycles. The van der Waals surface area contributed by atoms with Crippen LogP contribution in [0.2, 0.25) is 0 Å². The molecule has 1 N–H and O–H groups in total. The molecule has 1 aliphatic carbocycles. The van der Waals surface area contributed by atoms with Gasteiger partial charge in [-0.2, -0.15) is 9.50 Å². The molecule has 8 nitrogen and oxygen atoms in total. The Morgan fingerprint density at radius 3 is 2.77 bits per heavy atom. The van der Waals surface area contributed by atoms with Gasteiger partial charge in [0.1, 0.15) is 5.82 Å². The Morgan fingerprint density at radius 1 is 1.19 bits per heavy atom. The molecule has 0 amide bonds. The van der Waals surface area contributed by atoms with E-state index in [0.29, 0.717) is 36.0 Å². The van der Waals surface area contributed by atoms with Crippen LogP contribution in [-0.4, -0.2) is 42.3 Å². The number of rotatable bonds is 4. The van der Waals surface area contributed by atoms with E-state index in [1.807, 2.05) is 0 Å². The molecule has 1 saturated carbocycles. The molecule has 5 rings (SSSR count). The Morgan fingerprint density at radius 2 is 2.04 bits per heavy atom. The summed E-state index contributed by atoms with van der Waals surface area (Å²) in [4.78, 5) is 25.8. The van der Waals surface area contributed by atoms with Crippen LogP contribution in [0.1, 0.15) is 68.9 Å². The van der Waals surface area contributed by atoms with Crippen LogP contribution in [0.5, 0.6) is 0 Å². The number of H-pyrrole nitrogens is 1. The minimum Gasteiger partial charge on any atom is -0.381 e. The predicted molar refractivity (Wildman–Crippen MR) is 96.6 cm³/mol. The number of nitrogens with zero attached hydrogens (tertiary/aromatic N) is 5. The summed E-state index contributed by atoms with van der Waals surface area (Å²) in [5, 5.41) is 4.78. The molecule has 4 heterocycles. The molecule has 0 radical (unpaired) electrons. The first kappa shape index (κ1) is 16.0. The maximum absolute atomic E-state index is 13.1. The molecule has 3 aromatic heterocycles. The van der Waals surface area contributed by atoms with Crippen LogP contribution in [0.25, 0.3) is 16.9 Å². The largest absolute Gasteiger partial charge is 0.381 e. The first-order chi connectivity index (χ1) is 12.8. The lowest BCUT2D eigenvalue weighted by Crippen LogP contribution is -2.23. The van der Waals surface area contributed by atoms with E-state index in [2.05, 4.69) is 11.9 Å². The highest BCUT2D eigenvalue weighted by Gasteiger charge is 2.27. The Balaban J connectivity index is 1.74. The number of aromatic nitrogens is 6. The first-order valence-electron chi connectivity index (χ1n) is 9.73. The van der Waals surface area contributed by atoms with Crippen LogP contribution in [-0.2, 0) is 11.3 Å². The van der Waals surface area contributed by atoms with Crippen LogP contribution < -0.4 is 5.56 Å². The van der Waals surface area contributed by atoms with Crippen molar-refractivity contribution in [2.24, 2.45) is 0 Å². The molecule has 138 valence electrons. The van der Waals surface area contributed by atoms with Gasteiger partial charge in [-0.25, -0.2) is 4.98 Å². The highest BCUT2D eigenvalue weighted by atomic mass is 16.5. The number of nitrogens with one attached hydrogen (secondary N) is 1. The van der Waals surface area contributed by atoms with E-state index in [9.17, 15) is 4.79 Å². The van der Waals surface area contributed by atoms with Gasteiger partial charge in [-0.1, -0.05) is 19.8 Å². The summed E-state index contributed by atoms with van der Waals surface area (Å²) in [5.41, 5.74) is 1.06. The Labute approximate surface area is 150 Å². The minimum atomic E-state index is -0.0580. The molecule has 26 heavy (non-hydrogen) atoms. The van der Waals surface area contributed by atoms with Crippen LogP contribution in [0.15, 0.2) is 4.79 Å². The van der Waals surface area contributed by atoms with Crippen molar-refractivity contribution in [3.05, 3.63) is 22.0 Å². The van der Waals surface area contributed by atoms with Gasteiger partial charge in [0.2, 0.25) is 5.78 Å². The van der Waals surface area contributed by atoms with Crippen LogP contribution >= 0.6 is 0 Å². The predicted octanol–water partition coefficient (Wildman–Crippen LogP) is 2.34. The van der Waals surface area contributed by atoms with Gasteiger partial charge in [-0.3, -0.25) is 9.36 Å². The number of hydrogen-bond acceptors (Lipinski definition) is 5. The molecule has 1 unspecified atom stereocenters. The summed E-state index contributed by atoms with van der Waals surface area (Å²) in [6.45, 7) is 4.08. The maximum atomic E-state index is 13.1. The van der Waals surface area contributed by atoms with Crippen LogP contribution in [0.3, 0.4) is 0 Å². The highest BCUT2D eigenvalue weighted by molar-refractivity contribution is 5.72. The van der Waals surface area contributed by atoms with Gasteiger partial charge in [0.15, 0.2) is 17.0 Å². The molecule has 2 aliphatic rings. The molecule has 1 saturated heterocycles. The fourth-order valence-electron chi connectivity index (χ4n) is 4.27. The van der Waals surface area contributed by atoms with Crippen LogP contribution in [0.4, 0.5) is 0 Å². The first-order valence-corrected chi connectivity index (χ1v) is 9.73. The molecule has 1 aliphatic heterocycles. The molecule has 0 bridgehead atoms. The van der Waals surface area contributed by atoms with Crippen molar-refractivity contribution < 1.29 is 4.74 Å². The van der Waals surface area contributed by atoms with E-state index in [4.69, 9.17) is 19.8 Å². The van der Waals surface area contributed by atoms with Gasteiger partial charge in [-0.15, -0.1) is 5.10 Å². The van der Waals surface area contributed by atoms with Crippen molar-refractivity contribution in [1.82, 2.24) is 29.1 Å². The quantitative estimate of drug-likeness (QED) is 0.775. The van der Waals surface area contributed by atoms with Gasteiger partial charge in [0, 0.05) is 25.0 Å². The van der Waals surface area contributed by atoms with Gasteiger partial charge in [-0.05, 0) is 25.7 Å². The van der Waals surface area contributed by atoms with Crippen molar-refractivity contribution in [2.75, 3.05) is 13.2 Å². The zero-order chi connectivity index (χ0) is 17.7. The summed E-state index contributed by atoms with van der Waals surface area (Å²) in [6.07, 6.45) is 6.50. The molecular weight excluding hydrogens is 332 g/mol. The van der Waals surface area contributed by atoms with Crippen molar-refractivity contribution in [3.63, 3.8) is 0 Å². The summed E-state index contributed by atoms with van der Waals surface area (Å²) in [7, 11) is 0. The third-order valence-electron chi connectivity index (χ3n) is 5.69. The Hall–Kier alpha value is -2.22. The minimum absolute atomic E-state index is 0.0580. The van der Waals surface area contributed by atoms with E-state index < -0.39 is 0 Å². The lowest BCUT2D eigenvalue weighted by atomic mass is 10.1. The Bertz CT molecular complexity index is 1000. The second-order valence-corrected chi connectivity index (χ2v) is 7.50. The van der Waals surface area contributed by atoms with Crippen LogP contribution in [0, 0.1) is 0 Å². The fourth-order valence-corrected chi connectivity index (χ4v) is 4.27. The SMILES string of the molecule is CCCn1c(=O)c2[nH]c(C3CCOC3)nc2n2nc(C3CCCC3)nc12. The van der Waals surface area contributed by atoms with E-state index in [0.717, 1.165) is 43.9 Å². The number of aryl methyl sites for hydroxylation is 1. The number of imidazole rings is 1. The summed E-state index contributed by atoms with van der Waals surface area (Å²) in [5.74, 6) is 2.91. The monoisotopic (exact) mass is 356 g/mol. The zero-order valence-electron chi connectivity index (χ0n) is 15.1. The average molecular weight is 356 g/mol. The van der Waals surface area contributed by atoms with Crippen molar-refractivity contribution >= 4 is 16.9 Å². The molecule has 0 spiro atoms.